The monoisotopic (exact) mass is 269 g/mol. The van der Waals surface area contributed by atoms with Gasteiger partial charge >= 0.3 is 0 Å². The highest BCUT2D eigenvalue weighted by Crippen LogP contribution is 2.32. The van der Waals surface area contributed by atoms with Crippen LogP contribution in [0.1, 0.15) is 39.4 Å². The van der Waals surface area contributed by atoms with Gasteiger partial charge in [-0.25, -0.2) is 9.97 Å². The molecule has 1 aromatic rings. The van der Waals surface area contributed by atoms with Gasteiger partial charge in [0, 0.05) is 24.1 Å². The number of halogens is 1. The van der Waals surface area contributed by atoms with E-state index in [-0.39, 0.29) is 12.0 Å². The zero-order chi connectivity index (χ0) is 13.3. The van der Waals surface area contributed by atoms with Crippen molar-refractivity contribution < 1.29 is 5.11 Å². The van der Waals surface area contributed by atoms with E-state index < -0.39 is 0 Å². The lowest BCUT2D eigenvalue weighted by Gasteiger charge is -2.25. The van der Waals surface area contributed by atoms with Gasteiger partial charge in [0.25, 0.3) is 0 Å². The molecular formula is C13H20ClN3O. The van der Waals surface area contributed by atoms with Crippen molar-refractivity contribution in [2.24, 2.45) is 0 Å². The summed E-state index contributed by atoms with van der Waals surface area (Å²) < 4.78 is 0. The molecule has 0 amide bonds. The molecule has 0 bridgehead atoms. The molecule has 1 aliphatic carbocycles. The van der Waals surface area contributed by atoms with E-state index in [4.69, 9.17) is 16.7 Å². The third-order valence-corrected chi connectivity index (χ3v) is 3.17. The van der Waals surface area contributed by atoms with Crippen LogP contribution in [0.2, 0.25) is 5.15 Å². The van der Waals surface area contributed by atoms with Gasteiger partial charge in [-0.1, -0.05) is 32.4 Å². The van der Waals surface area contributed by atoms with Crippen molar-refractivity contribution in [3.8, 4) is 0 Å². The molecular weight excluding hydrogens is 250 g/mol. The van der Waals surface area contributed by atoms with Gasteiger partial charge in [0.15, 0.2) is 0 Å². The highest BCUT2D eigenvalue weighted by molar-refractivity contribution is 6.29. The number of hydrogen-bond acceptors (Lipinski definition) is 4. The summed E-state index contributed by atoms with van der Waals surface area (Å²) in [5.41, 5.74) is -0.131. The smallest absolute Gasteiger partial charge is 0.137 e. The van der Waals surface area contributed by atoms with E-state index in [1.54, 1.807) is 6.07 Å². The van der Waals surface area contributed by atoms with Crippen LogP contribution in [0.25, 0.3) is 0 Å². The minimum absolute atomic E-state index is 0.128. The Morgan fingerprint density at radius 2 is 2.06 bits per heavy atom. The molecule has 1 aromatic heterocycles. The lowest BCUT2D eigenvalue weighted by molar-refractivity contribution is 0.301. The maximum atomic E-state index is 9.16. The maximum absolute atomic E-state index is 9.16. The average molecular weight is 270 g/mol. The Bertz CT molecular complexity index is 427. The summed E-state index contributed by atoms with van der Waals surface area (Å²) in [4.78, 5) is 11.0. The second kappa shape index (κ2) is 5.02. The molecule has 0 aliphatic heterocycles. The maximum Gasteiger partial charge on any atom is 0.137 e. The first-order valence-corrected chi connectivity index (χ1v) is 6.72. The van der Waals surface area contributed by atoms with Gasteiger partial charge in [-0.3, -0.25) is 0 Å². The molecule has 1 aliphatic rings. The molecule has 1 fully saturated rings. The van der Waals surface area contributed by atoms with Crippen molar-refractivity contribution >= 4 is 17.4 Å². The zero-order valence-electron chi connectivity index (χ0n) is 11.1. The van der Waals surface area contributed by atoms with Crippen molar-refractivity contribution in [3.63, 3.8) is 0 Å². The van der Waals surface area contributed by atoms with Crippen molar-refractivity contribution in [2.45, 2.75) is 45.1 Å². The van der Waals surface area contributed by atoms with Crippen molar-refractivity contribution in [1.29, 1.82) is 0 Å². The van der Waals surface area contributed by atoms with E-state index in [2.05, 4.69) is 35.6 Å². The molecule has 5 heteroatoms. The first kappa shape index (κ1) is 13.6. The Morgan fingerprint density at radius 3 is 2.56 bits per heavy atom. The van der Waals surface area contributed by atoms with E-state index in [0.717, 1.165) is 24.5 Å². The summed E-state index contributed by atoms with van der Waals surface area (Å²) >= 11 is 6.09. The number of anilines is 1. The van der Waals surface area contributed by atoms with Crippen molar-refractivity contribution in [2.75, 3.05) is 18.1 Å². The molecule has 0 aromatic carbocycles. The van der Waals surface area contributed by atoms with E-state index in [1.807, 2.05) is 0 Å². The molecule has 1 saturated carbocycles. The van der Waals surface area contributed by atoms with Crippen LogP contribution in [-0.2, 0) is 5.41 Å². The van der Waals surface area contributed by atoms with Gasteiger partial charge in [0.2, 0.25) is 0 Å². The summed E-state index contributed by atoms with van der Waals surface area (Å²) in [6, 6.07) is 2.28. The van der Waals surface area contributed by atoms with Crippen LogP contribution in [0.15, 0.2) is 6.07 Å². The van der Waals surface area contributed by atoms with Crippen LogP contribution in [0.5, 0.6) is 0 Å². The largest absolute Gasteiger partial charge is 0.395 e. The average Bonchev–Trinajstić information content (AvgIpc) is 3.07. The van der Waals surface area contributed by atoms with Crippen LogP contribution in [0.3, 0.4) is 0 Å². The Morgan fingerprint density at radius 1 is 1.39 bits per heavy atom. The molecule has 1 N–H and O–H groups in total. The molecule has 0 saturated heterocycles. The molecule has 0 atom stereocenters. The fourth-order valence-electron chi connectivity index (χ4n) is 1.87. The van der Waals surface area contributed by atoms with Crippen molar-refractivity contribution in [3.05, 3.63) is 17.0 Å². The van der Waals surface area contributed by atoms with E-state index in [9.17, 15) is 0 Å². The van der Waals surface area contributed by atoms with Gasteiger partial charge in [-0.2, -0.15) is 0 Å². The predicted molar refractivity (Wildman–Crippen MR) is 73.2 cm³/mol. The summed E-state index contributed by atoms with van der Waals surface area (Å²) in [6.45, 7) is 6.92. The summed E-state index contributed by atoms with van der Waals surface area (Å²) in [6.07, 6.45) is 2.32. The van der Waals surface area contributed by atoms with Crippen LogP contribution in [0, 0.1) is 0 Å². The van der Waals surface area contributed by atoms with Gasteiger partial charge < -0.3 is 10.0 Å². The third kappa shape index (κ3) is 3.12. The highest BCUT2D eigenvalue weighted by Gasteiger charge is 2.31. The van der Waals surface area contributed by atoms with E-state index in [1.165, 1.54) is 0 Å². The minimum Gasteiger partial charge on any atom is -0.395 e. The molecule has 18 heavy (non-hydrogen) atoms. The number of nitrogens with zero attached hydrogens (tertiary/aromatic N) is 3. The molecule has 0 spiro atoms. The number of rotatable bonds is 4. The first-order chi connectivity index (χ1) is 8.41. The molecule has 100 valence electrons. The van der Waals surface area contributed by atoms with E-state index in [0.29, 0.717) is 17.7 Å². The fraction of sp³-hybridized carbons (Fsp3) is 0.692. The SMILES string of the molecule is CC(C)(C)c1nc(Cl)cc(N(CCO)C2CC2)n1. The number of aliphatic hydroxyl groups excluding tert-OH is 1. The van der Waals surface area contributed by atoms with Gasteiger partial charge in [0.1, 0.15) is 16.8 Å². The van der Waals surface area contributed by atoms with Crippen LogP contribution in [-0.4, -0.2) is 34.3 Å². The normalized spacial score (nSPS) is 15.8. The summed E-state index contributed by atoms with van der Waals surface area (Å²) in [5.74, 6) is 1.57. The summed E-state index contributed by atoms with van der Waals surface area (Å²) in [7, 11) is 0. The number of aromatic nitrogens is 2. The lowest BCUT2D eigenvalue weighted by atomic mass is 9.96. The lowest BCUT2D eigenvalue weighted by Crippen LogP contribution is -2.31. The minimum atomic E-state index is -0.131. The first-order valence-electron chi connectivity index (χ1n) is 6.34. The number of hydrogen-bond donors (Lipinski definition) is 1. The van der Waals surface area contributed by atoms with Gasteiger partial charge in [-0.15, -0.1) is 0 Å². The number of aliphatic hydroxyl groups is 1. The Balaban J connectivity index is 2.34. The standard InChI is InChI=1S/C13H20ClN3O/c1-13(2,3)12-15-10(14)8-11(16-12)17(6-7-18)9-4-5-9/h8-9,18H,4-7H2,1-3H3. The van der Waals surface area contributed by atoms with Crippen molar-refractivity contribution in [1.82, 2.24) is 9.97 Å². The third-order valence-electron chi connectivity index (χ3n) is 2.98. The quantitative estimate of drug-likeness (QED) is 0.853. The fourth-order valence-corrected chi connectivity index (χ4v) is 2.04. The molecule has 1 heterocycles. The molecule has 0 unspecified atom stereocenters. The zero-order valence-corrected chi connectivity index (χ0v) is 11.9. The predicted octanol–water partition coefficient (Wildman–Crippen LogP) is 2.39. The second-order valence-electron chi connectivity index (χ2n) is 5.77. The molecule has 0 radical (unpaired) electrons. The van der Waals surface area contributed by atoms with Crippen LogP contribution < -0.4 is 4.90 Å². The Kier molecular flexibility index (Phi) is 3.78. The highest BCUT2D eigenvalue weighted by atomic mass is 35.5. The van der Waals surface area contributed by atoms with Crippen LogP contribution in [0.4, 0.5) is 5.82 Å². The molecule has 2 rings (SSSR count). The topological polar surface area (TPSA) is 49.2 Å². The van der Waals surface area contributed by atoms with Crippen LogP contribution >= 0.6 is 11.6 Å². The van der Waals surface area contributed by atoms with Gasteiger partial charge in [0.05, 0.1) is 6.61 Å². The second-order valence-corrected chi connectivity index (χ2v) is 6.16. The van der Waals surface area contributed by atoms with E-state index >= 15 is 0 Å². The van der Waals surface area contributed by atoms with Gasteiger partial charge in [-0.05, 0) is 12.8 Å². The molecule has 4 nitrogen and oxygen atoms in total. The Hall–Kier alpha value is -0.870. The Labute approximate surface area is 113 Å². The summed E-state index contributed by atoms with van der Waals surface area (Å²) in [5, 5.41) is 9.62.